The predicted octanol–water partition coefficient (Wildman–Crippen LogP) is 2.66. The Balaban J connectivity index is 1.93. The molecular weight excluding hydrogens is 225 g/mol. The van der Waals surface area contributed by atoms with Crippen LogP contribution in [0.3, 0.4) is 0 Å². The number of benzene rings is 1. The quantitative estimate of drug-likeness (QED) is 0.802. The summed E-state index contributed by atoms with van der Waals surface area (Å²) in [7, 11) is 0. The van der Waals surface area contributed by atoms with Gasteiger partial charge in [0, 0.05) is 11.8 Å². The second-order valence-corrected chi connectivity index (χ2v) is 4.89. The Labute approximate surface area is 99.6 Å². The molecule has 1 aromatic carbocycles. The van der Waals surface area contributed by atoms with Gasteiger partial charge in [-0.2, -0.15) is 0 Å². The van der Waals surface area contributed by atoms with Gasteiger partial charge < -0.3 is 10.5 Å². The van der Waals surface area contributed by atoms with Gasteiger partial charge in [-0.25, -0.2) is 4.39 Å². The summed E-state index contributed by atoms with van der Waals surface area (Å²) in [6.45, 7) is 0.491. The summed E-state index contributed by atoms with van der Waals surface area (Å²) in [5.41, 5.74) is 5.58. The second-order valence-electron chi connectivity index (χ2n) is 4.36. The molecule has 1 aliphatic rings. The van der Waals surface area contributed by atoms with Crippen molar-refractivity contribution < 1.29 is 9.13 Å². The highest BCUT2D eigenvalue weighted by Crippen LogP contribution is 2.49. The minimum absolute atomic E-state index is 0.0636. The first-order valence-electron chi connectivity index (χ1n) is 5.27. The van der Waals surface area contributed by atoms with Crippen molar-refractivity contribution >= 4 is 17.2 Å². The largest absolute Gasteiger partial charge is 0.490 e. The Kier molecular flexibility index (Phi) is 3.10. The molecule has 0 spiro atoms. The molecule has 2 nitrogen and oxygen atoms in total. The summed E-state index contributed by atoms with van der Waals surface area (Å²) in [5.74, 6) is -0.0228. The minimum Gasteiger partial charge on any atom is -0.490 e. The third kappa shape index (κ3) is 2.70. The van der Waals surface area contributed by atoms with Crippen molar-refractivity contribution in [2.75, 3.05) is 6.61 Å². The summed E-state index contributed by atoms with van der Waals surface area (Å²) in [4.78, 5) is 0.509. The van der Waals surface area contributed by atoms with Crippen LogP contribution in [-0.2, 0) is 0 Å². The van der Waals surface area contributed by atoms with Crippen molar-refractivity contribution in [3.63, 3.8) is 0 Å². The van der Waals surface area contributed by atoms with Gasteiger partial charge in [0.1, 0.15) is 0 Å². The van der Waals surface area contributed by atoms with Crippen LogP contribution in [0, 0.1) is 11.2 Å². The number of hydrogen-bond donors (Lipinski definition) is 1. The van der Waals surface area contributed by atoms with Crippen LogP contribution in [0.25, 0.3) is 0 Å². The molecule has 1 aliphatic carbocycles. The topological polar surface area (TPSA) is 35.2 Å². The molecule has 0 heterocycles. The first-order chi connectivity index (χ1) is 7.61. The van der Waals surface area contributed by atoms with E-state index in [9.17, 15) is 4.39 Å². The second kappa shape index (κ2) is 4.37. The van der Waals surface area contributed by atoms with Crippen LogP contribution in [0.4, 0.5) is 4.39 Å². The van der Waals surface area contributed by atoms with Gasteiger partial charge >= 0.3 is 0 Å². The molecule has 1 saturated carbocycles. The van der Waals surface area contributed by atoms with E-state index in [-0.39, 0.29) is 11.2 Å². The predicted molar refractivity (Wildman–Crippen MR) is 65.0 cm³/mol. The minimum atomic E-state index is -0.325. The van der Waals surface area contributed by atoms with Crippen LogP contribution >= 0.6 is 12.2 Å². The molecule has 0 unspecified atom stereocenters. The van der Waals surface area contributed by atoms with Gasteiger partial charge in [-0.15, -0.1) is 0 Å². The van der Waals surface area contributed by atoms with E-state index in [0.717, 1.165) is 12.8 Å². The van der Waals surface area contributed by atoms with E-state index < -0.39 is 0 Å². The zero-order chi connectivity index (χ0) is 11.6. The van der Waals surface area contributed by atoms with Crippen LogP contribution in [-0.4, -0.2) is 11.6 Å². The molecule has 1 fully saturated rings. The van der Waals surface area contributed by atoms with Crippen LogP contribution in [0.5, 0.6) is 5.75 Å². The number of thiocarbonyl (C=S) groups is 1. The molecule has 2 N–H and O–H groups in total. The fraction of sp³-hybridized carbons (Fsp3) is 0.417. The lowest BCUT2D eigenvalue weighted by Gasteiger charge is -2.15. The summed E-state index contributed by atoms with van der Waals surface area (Å²) in [6.07, 6.45) is 2.80. The third-order valence-corrected chi connectivity index (χ3v) is 3.02. The molecule has 0 radical (unpaired) electrons. The number of halogens is 1. The first kappa shape index (κ1) is 11.3. The first-order valence-corrected chi connectivity index (χ1v) is 5.68. The Morgan fingerprint density at radius 1 is 1.44 bits per heavy atom. The van der Waals surface area contributed by atoms with Crippen molar-refractivity contribution in [2.24, 2.45) is 11.1 Å². The number of nitrogens with two attached hydrogens (primary N) is 1. The molecule has 86 valence electrons. The van der Waals surface area contributed by atoms with E-state index in [0.29, 0.717) is 23.8 Å². The Morgan fingerprint density at radius 3 is 2.69 bits per heavy atom. The van der Waals surface area contributed by atoms with Gasteiger partial charge in [0.05, 0.1) is 11.6 Å². The average molecular weight is 239 g/mol. The van der Waals surface area contributed by atoms with Gasteiger partial charge in [0.15, 0.2) is 11.6 Å². The van der Waals surface area contributed by atoms with Gasteiger partial charge in [0.25, 0.3) is 0 Å². The summed E-state index contributed by atoms with van der Waals surface area (Å²) in [5, 5.41) is 0. The van der Waals surface area contributed by atoms with Gasteiger partial charge in [0.2, 0.25) is 0 Å². The van der Waals surface area contributed by atoms with Crippen LogP contribution in [0.15, 0.2) is 24.3 Å². The Hall–Kier alpha value is -1.16. The third-order valence-electron chi connectivity index (χ3n) is 2.88. The number of hydrogen-bond acceptors (Lipinski definition) is 2. The van der Waals surface area contributed by atoms with Crippen LogP contribution in [0.1, 0.15) is 19.3 Å². The zero-order valence-corrected chi connectivity index (χ0v) is 9.73. The highest BCUT2D eigenvalue weighted by atomic mass is 32.1. The molecule has 0 aromatic heterocycles. The lowest BCUT2D eigenvalue weighted by Crippen LogP contribution is -2.21. The highest BCUT2D eigenvalue weighted by Gasteiger charge is 2.43. The molecule has 2 rings (SSSR count). The smallest absolute Gasteiger partial charge is 0.165 e. The summed E-state index contributed by atoms with van der Waals surface area (Å²) < 4.78 is 18.7. The van der Waals surface area contributed by atoms with Gasteiger partial charge in [-0.1, -0.05) is 24.4 Å². The van der Waals surface area contributed by atoms with Crippen LogP contribution < -0.4 is 10.5 Å². The van der Waals surface area contributed by atoms with E-state index in [1.165, 1.54) is 6.07 Å². The monoisotopic (exact) mass is 239 g/mol. The van der Waals surface area contributed by atoms with Crippen molar-refractivity contribution in [2.45, 2.75) is 19.3 Å². The molecule has 0 amide bonds. The molecular formula is C12H14FNOS. The van der Waals surface area contributed by atoms with Crippen molar-refractivity contribution in [1.29, 1.82) is 0 Å². The Bertz CT molecular complexity index is 404. The number of rotatable bonds is 5. The lowest BCUT2D eigenvalue weighted by molar-refractivity contribution is 0.230. The number of ether oxygens (including phenoxy) is 1. The molecule has 1 aromatic rings. The number of para-hydroxylation sites is 1. The molecule has 0 bridgehead atoms. The van der Waals surface area contributed by atoms with Crippen LogP contribution in [0.2, 0.25) is 0 Å². The fourth-order valence-electron chi connectivity index (χ4n) is 1.71. The maximum Gasteiger partial charge on any atom is 0.165 e. The summed E-state index contributed by atoms with van der Waals surface area (Å²) in [6, 6.07) is 6.42. The van der Waals surface area contributed by atoms with E-state index in [1.807, 2.05) is 0 Å². The van der Waals surface area contributed by atoms with Crippen molar-refractivity contribution in [3.8, 4) is 5.75 Å². The maximum absolute atomic E-state index is 13.3. The van der Waals surface area contributed by atoms with Gasteiger partial charge in [-0.3, -0.25) is 0 Å². The van der Waals surface area contributed by atoms with Gasteiger partial charge in [-0.05, 0) is 25.0 Å². The van der Waals surface area contributed by atoms with Crippen molar-refractivity contribution in [3.05, 3.63) is 30.1 Å². The Morgan fingerprint density at radius 2 is 2.12 bits per heavy atom. The average Bonchev–Trinajstić information content (AvgIpc) is 2.96. The summed E-state index contributed by atoms with van der Waals surface area (Å²) >= 11 is 4.89. The SMILES string of the molecule is NC(=S)CC1(COc2ccccc2F)CC1. The van der Waals surface area contributed by atoms with E-state index >= 15 is 0 Å². The zero-order valence-electron chi connectivity index (χ0n) is 8.91. The molecule has 0 atom stereocenters. The maximum atomic E-state index is 13.3. The molecule has 0 aliphatic heterocycles. The molecule has 16 heavy (non-hydrogen) atoms. The lowest BCUT2D eigenvalue weighted by atomic mass is 10.0. The highest BCUT2D eigenvalue weighted by molar-refractivity contribution is 7.80. The normalized spacial score (nSPS) is 16.8. The molecule has 4 heteroatoms. The molecule has 0 saturated heterocycles. The van der Waals surface area contributed by atoms with Crippen molar-refractivity contribution in [1.82, 2.24) is 0 Å². The van der Waals surface area contributed by atoms with E-state index in [4.69, 9.17) is 22.7 Å². The van der Waals surface area contributed by atoms with E-state index in [2.05, 4.69) is 0 Å². The standard InChI is InChI=1S/C12H14FNOS/c13-9-3-1-2-4-10(9)15-8-12(5-6-12)7-11(14)16/h1-4H,5-8H2,(H2,14,16). The van der Waals surface area contributed by atoms with E-state index in [1.54, 1.807) is 18.2 Å². The fourth-order valence-corrected chi connectivity index (χ4v) is 2.02.